The standard InChI is InChI=1S/C23H20F4O3/c24-13-17-10-15(20-8-6-19(28)12-16(20)5-9-22(29)30)4-7-21(17)14-2-1-3-18(11-14)23(25,26)27/h1-4,6-8,10-12,22,28-30H,5,9,13H2. The molecule has 0 aromatic heterocycles. The fraction of sp³-hybridized carbons (Fsp3) is 0.217. The van der Waals surface area contributed by atoms with Gasteiger partial charge in [0.05, 0.1) is 5.56 Å². The second-order valence-corrected chi connectivity index (χ2v) is 6.94. The highest BCUT2D eigenvalue weighted by Crippen LogP contribution is 2.36. The lowest BCUT2D eigenvalue weighted by Gasteiger charge is -2.15. The third-order valence-electron chi connectivity index (χ3n) is 4.82. The van der Waals surface area contributed by atoms with Crippen molar-refractivity contribution in [3.63, 3.8) is 0 Å². The summed E-state index contributed by atoms with van der Waals surface area (Å²) in [6.45, 7) is -0.873. The normalized spacial score (nSPS) is 11.8. The van der Waals surface area contributed by atoms with Gasteiger partial charge < -0.3 is 15.3 Å². The van der Waals surface area contributed by atoms with Crippen LogP contribution in [0.25, 0.3) is 22.3 Å². The van der Waals surface area contributed by atoms with Crippen molar-refractivity contribution < 1.29 is 32.9 Å². The Morgan fingerprint density at radius 1 is 0.800 bits per heavy atom. The van der Waals surface area contributed by atoms with Crippen LogP contribution >= 0.6 is 0 Å². The Labute approximate surface area is 170 Å². The fourth-order valence-electron chi connectivity index (χ4n) is 3.37. The predicted molar refractivity (Wildman–Crippen MR) is 105 cm³/mol. The van der Waals surface area contributed by atoms with E-state index >= 15 is 0 Å². The average Bonchev–Trinajstić information content (AvgIpc) is 2.71. The highest BCUT2D eigenvalue weighted by molar-refractivity contribution is 5.76. The van der Waals surface area contributed by atoms with Gasteiger partial charge in [0.1, 0.15) is 12.4 Å². The summed E-state index contributed by atoms with van der Waals surface area (Å²) < 4.78 is 52.9. The number of aryl methyl sites for hydroxylation is 1. The van der Waals surface area contributed by atoms with E-state index in [0.717, 1.165) is 12.1 Å². The molecule has 7 heteroatoms. The topological polar surface area (TPSA) is 60.7 Å². The summed E-state index contributed by atoms with van der Waals surface area (Å²) in [6.07, 6.45) is -5.69. The molecule has 3 aromatic carbocycles. The summed E-state index contributed by atoms with van der Waals surface area (Å²) in [5, 5.41) is 28.0. The van der Waals surface area contributed by atoms with Crippen molar-refractivity contribution in [3.8, 4) is 28.0 Å². The molecule has 0 saturated heterocycles. The van der Waals surface area contributed by atoms with Crippen LogP contribution in [0.15, 0.2) is 60.7 Å². The van der Waals surface area contributed by atoms with E-state index in [1.165, 1.54) is 24.3 Å². The number of phenolic OH excluding ortho intramolecular Hbond substituents is 1. The van der Waals surface area contributed by atoms with Crippen LogP contribution in [0.3, 0.4) is 0 Å². The predicted octanol–water partition coefficient (Wildman–Crippen LogP) is 5.46. The fourth-order valence-corrected chi connectivity index (χ4v) is 3.37. The first kappa shape index (κ1) is 21.8. The zero-order valence-corrected chi connectivity index (χ0v) is 15.8. The van der Waals surface area contributed by atoms with Gasteiger partial charge in [0.15, 0.2) is 6.29 Å². The van der Waals surface area contributed by atoms with E-state index in [0.29, 0.717) is 22.3 Å². The molecule has 30 heavy (non-hydrogen) atoms. The Kier molecular flexibility index (Phi) is 6.43. The number of benzene rings is 3. The molecule has 0 aliphatic carbocycles. The number of aliphatic hydroxyl groups excluding tert-OH is 1. The number of halogens is 4. The number of hydrogen-bond donors (Lipinski definition) is 3. The van der Waals surface area contributed by atoms with Gasteiger partial charge >= 0.3 is 6.18 Å². The number of phenols is 1. The molecule has 0 aliphatic heterocycles. The van der Waals surface area contributed by atoms with E-state index in [2.05, 4.69) is 0 Å². The van der Waals surface area contributed by atoms with Crippen molar-refractivity contribution in [1.82, 2.24) is 0 Å². The molecule has 3 rings (SSSR count). The van der Waals surface area contributed by atoms with Crippen LogP contribution in [0, 0.1) is 0 Å². The van der Waals surface area contributed by atoms with Gasteiger partial charge in [-0.05, 0) is 70.1 Å². The van der Waals surface area contributed by atoms with Crippen molar-refractivity contribution in [2.24, 2.45) is 0 Å². The maximum absolute atomic E-state index is 13.8. The van der Waals surface area contributed by atoms with Crippen LogP contribution < -0.4 is 0 Å². The van der Waals surface area contributed by atoms with Gasteiger partial charge in [0, 0.05) is 6.42 Å². The van der Waals surface area contributed by atoms with Crippen LogP contribution in [0.2, 0.25) is 0 Å². The molecule has 3 nitrogen and oxygen atoms in total. The van der Waals surface area contributed by atoms with Gasteiger partial charge in [-0.2, -0.15) is 13.2 Å². The second-order valence-electron chi connectivity index (χ2n) is 6.94. The Morgan fingerprint density at radius 3 is 2.13 bits per heavy atom. The number of rotatable bonds is 6. The molecular formula is C23H20F4O3. The molecule has 0 bridgehead atoms. The van der Waals surface area contributed by atoms with Crippen LogP contribution in [0.5, 0.6) is 5.75 Å². The van der Waals surface area contributed by atoms with Crippen molar-refractivity contribution in [2.75, 3.05) is 0 Å². The molecule has 0 heterocycles. The lowest BCUT2D eigenvalue weighted by atomic mass is 9.91. The summed E-state index contributed by atoms with van der Waals surface area (Å²) in [7, 11) is 0. The number of aliphatic hydroxyl groups is 2. The SMILES string of the molecule is Oc1ccc(-c2ccc(-c3cccc(C(F)(F)F)c3)c(CF)c2)c(CCC(O)O)c1. The first-order chi connectivity index (χ1) is 14.2. The van der Waals surface area contributed by atoms with Gasteiger partial charge in [-0.3, -0.25) is 0 Å². The molecule has 3 N–H and O–H groups in total. The zero-order valence-electron chi connectivity index (χ0n) is 15.8. The van der Waals surface area contributed by atoms with E-state index in [-0.39, 0.29) is 29.7 Å². The van der Waals surface area contributed by atoms with Gasteiger partial charge in [-0.15, -0.1) is 0 Å². The van der Waals surface area contributed by atoms with Crippen LogP contribution in [0.4, 0.5) is 17.6 Å². The maximum Gasteiger partial charge on any atom is 0.416 e. The molecule has 0 fully saturated rings. The molecule has 0 aliphatic rings. The Morgan fingerprint density at radius 2 is 1.47 bits per heavy atom. The van der Waals surface area contributed by atoms with Crippen molar-refractivity contribution >= 4 is 0 Å². The highest BCUT2D eigenvalue weighted by atomic mass is 19.4. The molecule has 3 aromatic rings. The summed E-state index contributed by atoms with van der Waals surface area (Å²) in [6, 6.07) is 14.1. The molecule has 0 saturated carbocycles. The van der Waals surface area contributed by atoms with Crippen LogP contribution in [-0.4, -0.2) is 21.6 Å². The molecule has 0 amide bonds. The third-order valence-corrected chi connectivity index (χ3v) is 4.82. The van der Waals surface area contributed by atoms with Crippen LogP contribution in [0.1, 0.15) is 23.1 Å². The molecule has 0 spiro atoms. The summed E-state index contributed by atoms with van der Waals surface area (Å²) in [4.78, 5) is 0. The highest BCUT2D eigenvalue weighted by Gasteiger charge is 2.30. The minimum atomic E-state index is -4.50. The lowest BCUT2D eigenvalue weighted by Crippen LogP contribution is -2.06. The molecule has 0 atom stereocenters. The average molecular weight is 420 g/mol. The number of hydrogen-bond acceptors (Lipinski definition) is 3. The van der Waals surface area contributed by atoms with Gasteiger partial charge in [-0.1, -0.05) is 30.3 Å². The first-order valence-electron chi connectivity index (χ1n) is 9.24. The van der Waals surface area contributed by atoms with E-state index in [1.807, 2.05) is 0 Å². The first-order valence-corrected chi connectivity index (χ1v) is 9.24. The van der Waals surface area contributed by atoms with E-state index < -0.39 is 24.7 Å². The lowest BCUT2D eigenvalue weighted by molar-refractivity contribution is -0.137. The van der Waals surface area contributed by atoms with Gasteiger partial charge in [0.25, 0.3) is 0 Å². The van der Waals surface area contributed by atoms with Crippen LogP contribution in [-0.2, 0) is 19.3 Å². The van der Waals surface area contributed by atoms with Crippen molar-refractivity contribution in [3.05, 3.63) is 77.4 Å². The molecule has 0 unspecified atom stereocenters. The molecular weight excluding hydrogens is 400 g/mol. The molecule has 158 valence electrons. The Hall–Kier alpha value is -2.90. The zero-order chi connectivity index (χ0) is 21.9. The Balaban J connectivity index is 2.04. The largest absolute Gasteiger partial charge is 0.508 e. The summed E-state index contributed by atoms with van der Waals surface area (Å²) in [5.74, 6) is 0.00693. The molecule has 0 radical (unpaired) electrons. The minimum absolute atomic E-state index is 0.00693. The van der Waals surface area contributed by atoms with E-state index in [4.69, 9.17) is 10.2 Å². The monoisotopic (exact) mass is 420 g/mol. The summed E-state index contributed by atoms with van der Waals surface area (Å²) >= 11 is 0. The quantitative estimate of drug-likeness (QED) is 0.367. The van der Waals surface area contributed by atoms with E-state index in [9.17, 15) is 22.7 Å². The van der Waals surface area contributed by atoms with E-state index in [1.54, 1.807) is 24.3 Å². The number of aromatic hydroxyl groups is 1. The maximum atomic E-state index is 13.8. The van der Waals surface area contributed by atoms with Crippen molar-refractivity contribution in [2.45, 2.75) is 32.0 Å². The van der Waals surface area contributed by atoms with Crippen molar-refractivity contribution in [1.29, 1.82) is 0 Å². The smallest absolute Gasteiger partial charge is 0.416 e. The Bertz CT molecular complexity index is 1030. The number of alkyl halides is 4. The minimum Gasteiger partial charge on any atom is -0.508 e. The van der Waals surface area contributed by atoms with Gasteiger partial charge in [-0.25, -0.2) is 4.39 Å². The third kappa shape index (κ3) is 4.98. The second kappa shape index (κ2) is 8.85. The van der Waals surface area contributed by atoms with Gasteiger partial charge in [0.2, 0.25) is 0 Å². The summed E-state index contributed by atoms with van der Waals surface area (Å²) in [5.41, 5.74) is 1.96.